The van der Waals surface area contributed by atoms with Crippen LogP contribution in [0.25, 0.3) is 5.82 Å². The van der Waals surface area contributed by atoms with Crippen LogP contribution in [0.15, 0.2) is 30.5 Å². The van der Waals surface area contributed by atoms with Crippen molar-refractivity contribution in [2.75, 3.05) is 0 Å². The van der Waals surface area contributed by atoms with Crippen LogP contribution in [0.2, 0.25) is 0 Å². The fourth-order valence-electron chi connectivity index (χ4n) is 2.73. The first kappa shape index (κ1) is 17.7. The molecule has 0 aliphatic carbocycles. The number of carbonyl (C=O) groups excluding carboxylic acids is 1. The number of pyridine rings is 1. The molecule has 0 spiro atoms. The van der Waals surface area contributed by atoms with Gasteiger partial charge in [-0.05, 0) is 38.5 Å². The lowest BCUT2D eigenvalue weighted by Crippen LogP contribution is -2.40. The number of carboxylic acid groups (broad SMARTS) is 1. The van der Waals surface area contributed by atoms with Gasteiger partial charge in [0.2, 0.25) is 0 Å². The Bertz CT molecular complexity index is 723. The maximum absolute atomic E-state index is 12.5. The molecular formula is C18H23N3O3. The lowest BCUT2D eigenvalue weighted by Gasteiger charge is -2.14. The molecule has 0 aromatic carbocycles. The minimum atomic E-state index is -1.00. The van der Waals surface area contributed by atoms with E-state index in [-0.39, 0.29) is 5.91 Å². The number of nitrogens with one attached hydrogen (secondary N) is 1. The van der Waals surface area contributed by atoms with Crippen LogP contribution in [0.5, 0.6) is 0 Å². The summed E-state index contributed by atoms with van der Waals surface area (Å²) < 4.78 is 1.89. The van der Waals surface area contributed by atoms with Crippen LogP contribution in [0, 0.1) is 13.8 Å². The molecule has 0 unspecified atom stereocenters. The molecular weight excluding hydrogens is 306 g/mol. The zero-order valence-electron chi connectivity index (χ0n) is 14.2. The summed E-state index contributed by atoms with van der Waals surface area (Å²) in [5.41, 5.74) is 2.08. The third-order valence-electron chi connectivity index (χ3n) is 4.00. The SMILES string of the molecule is CCCC[C@H](NC(=O)c1cc(C)n(-c2ccccn2)c1C)C(=O)O. The highest BCUT2D eigenvalue weighted by Crippen LogP contribution is 2.19. The molecule has 6 nitrogen and oxygen atoms in total. The molecule has 0 fully saturated rings. The highest BCUT2D eigenvalue weighted by Gasteiger charge is 2.23. The zero-order chi connectivity index (χ0) is 17.7. The van der Waals surface area contributed by atoms with Crippen LogP contribution in [0.1, 0.15) is 47.9 Å². The molecule has 24 heavy (non-hydrogen) atoms. The van der Waals surface area contributed by atoms with E-state index in [4.69, 9.17) is 0 Å². The summed E-state index contributed by atoms with van der Waals surface area (Å²) in [6.07, 6.45) is 3.76. The van der Waals surface area contributed by atoms with E-state index in [1.807, 2.05) is 43.5 Å². The quantitative estimate of drug-likeness (QED) is 0.818. The zero-order valence-corrected chi connectivity index (χ0v) is 14.2. The first-order valence-corrected chi connectivity index (χ1v) is 8.09. The van der Waals surface area contributed by atoms with Crippen molar-refractivity contribution in [3.8, 4) is 5.82 Å². The second-order valence-corrected chi connectivity index (χ2v) is 5.81. The van der Waals surface area contributed by atoms with Crippen molar-refractivity contribution in [1.82, 2.24) is 14.9 Å². The maximum Gasteiger partial charge on any atom is 0.326 e. The highest BCUT2D eigenvalue weighted by molar-refractivity contribution is 5.98. The molecule has 1 atom stereocenters. The summed E-state index contributed by atoms with van der Waals surface area (Å²) in [5.74, 6) is -0.642. The van der Waals surface area contributed by atoms with E-state index in [2.05, 4.69) is 10.3 Å². The van der Waals surface area contributed by atoms with Gasteiger partial charge in [0.15, 0.2) is 0 Å². The second kappa shape index (κ2) is 7.77. The highest BCUT2D eigenvalue weighted by atomic mass is 16.4. The van der Waals surface area contributed by atoms with Gasteiger partial charge < -0.3 is 15.0 Å². The van der Waals surface area contributed by atoms with Crippen molar-refractivity contribution in [2.45, 2.75) is 46.1 Å². The average Bonchev–Trinajstić information content (AvgIpc) is 2.86. The van der Waals surface area contributed by atoms with Crippen LogP contribution in [0.4, 0.5) is 0 Å². The van der Waals surface area contributed by atoms with Crippen LogP contribution in [0.3, 0.4) is 0 Å². The topological polar surface area (TPSA) is 84.2 Å². The molecule has 0 saturated carbocycles. The smallest absolute Gasteiger partial charge is 0.326 e. The number of nitrogens with zero attached hydrogens (tertiary/aromatic N) is 2. The summed E-state index contributed by atoms with van der Waals surface area (Å²) in [7, 11) is 0. The summed E-state index contributed by atoms with van der Waals surface area (Å²) in [5, 5.41) is 11.9. The molecule has 128 valence electrons. The predicted octanol–water partition coefficient (Wildman–Crippen LogP) is 2.86. The minimum Gasteiger partial charge on any atom is -0.480 e. The van der Waals surface area contributed by atoms with Gasteiger partial charge in [-0.1, -0.05) is 25.8 Å². The number of hydrogen-bond donors (Lipinski definition) is 2. The Labute approximate surface area is 141 Å². The van der Waals surface area contributed by atoms with Crippen molar-refractivity contribution in [1.29, 1.82) is 0 Å². The summed E-state index contributed by atoms with van der Waals surface area (Å²) >= 11 is 0. The van der Waals surface area contributed by atoms with Gasteiger partial charge in [-0.3, -0.25) is 4.79 Å². The van der Waals surface area contributed by atoms with Crippen LogP contribution in [-0.2, 0) is 4.79 Å². The van der Waals surface area contributed by atoms with Gasteiger partial charge in [0.05, 0.1) is 5.56 Å². The van der Waals surface area contributed by atoms with Gasteiger partial charge in [-0.15, -0.1) is 0 Å². The van der Waals surface area contributed by atoms with E-state index >= 15 is 0 Å². The molecule has 1 amide bonds. The van der Waals surface area contributed by atoms with Gasteiger partial charge in [-0.25, -0.2) is 9.78 Å². The van der Waals surface area contributed by atoms with Crippen LogP contribution in [-0.4, -0.2) is 32.6 Å². The number of carbonyl (C=O) groups is 2. The molecule has 0 saturated heterocycles. The Morgan fingerprint density at radius 1 is 1.33 bits per heavy atom. The number of hydrogen-bond acceptors (Lipinski definition) is 3. The Balaban J connectivity index is 2.26. The largest absolute Gasteiger partial charge is 0.480 e. The van der Waals surface area contributed by atoms with E-state index in [9.17, 15) is 14.7 Å². The molecule has 2 heterocycles. The summed E-state index contributed by atoms with van der Waals surface area (Å²) in [6, 6.07) is 6.47. The lowest BCUT2D eigenvalue weighted by atomic mass is 10.1. The van der Waals surface area contributed by atoms with Gasteiger partial charge >= 0.3 is 5.97 Å². The number of amides is 1. The molecule has 2 aromatic heterocycles. The minimum absolute atomic E-state index is 0.367. The Morgan fingerprint density at radius 3 is 2.67 bits per heavy atom. The molecule has 0 aliphatic rings. The fraction of sp³-hybridized carbons (Fsp3) is 0.389. The summed E-state index contributed by atoms with van der Waals surface area (Å²) in [6.45, 7) is 5.71. The number of unbranched alkanes of at least 4 members (excludes halogenated alkanes) is 1. The van der Waals surface area contributed by atoms with Gasteiger partial charge in [0.25, 0.3) is 5.91 Å². The van der Waals surface area contributed by atoms with E-state index in [0.717, 1.165) is 30.0 Å². The van der Waals surface area contributed by atoms with E-state index in [1.165, 1.54) is 0 Å². The van der Waals surface area contributed by atoms with E-state index < -0.39 is 12.0 Å². The molecule has 0 radical (unpaired) electrons. The second-order valence-electron chi connectivity index (χ2n) is 5.81. The van der Waals surface area contributed by atoms with Gasteiger partial charge in [0.1, 0.15) is 11.9 Å². The Kier molecular flexibility index (Phi) is 5.73. The van der Waals surface area contributed by atoms with E-state index in [1.54, 1.807) is 12.3 Å². The average molecular weight is 329 g/mol. The number of rotatable bonds is 7. The van der Waals surface area contributed by atoms with Crippen molar-refractivity contribution >= 4 is 11.9 Å². The first-order valence-electron chi connectivity index (χ1n) is 8.09. The maximum atomic E-state index is 12.5. The third-order valence-corrected chi connectivity index (χ3v) is 4.00. The number of aryl methyl sites for hydroxylation is 1. The van der Waals surface area contributed by atoms with Crippen molar-refractivity contribution in [2.24, 2.45) is 0 Å². The molecule has 6 heteroatoms. The van der Waals surface area contributed by atoms with Crippen molar-refractivity contribution < 1.29 is 14.7 Å². The molecule has 2 rings (SSSR count). The predicted molar refractivity (Wildman–Crippen MR) is 91.5 cm³/mol. The van der Waals surface area contributed by atoms with Crippen LogP contribution < -0.4 is 5.32 Å². The Morgan fingerprint density at radius 2 is 2.08 bits per heavy atom. The first-order chi connectivity index (χ1) is 11.5. The molecule has 0 bridgehead atoms. The number of aliphatic carboxylic acids is 1. The Hall–Kier alpha value is -2.63. The number of aromatic nitrogens is 2. The van der Waals surface area contributed by atoms with Crippen molar-refractivity contribution in [3.63, 3.8) is 0 Å². The normalized spacial score (nSPS) is 12.0. The monoisotopic (exact) mass is 329 g/mol. The number of carboxylic acids is 1. The van der Waals surface area contributed by atoms with Crippen LogP contribution >= 0.6 is 0 Å². The molecule has 2 N–H and O–H groups in total. The van der Waals surface area contributed by atoms with Gasteiger partial charge in [-0.2, -0.15) is 0 Å². The van der Waals surface area contributed by atoms with E-state index in [0.29, 0.717) is 12.0 Å². The summed E-state index contributed by atoms with van der Waals surface area (Å²) in [4.78, 5) is 28.2. The van der Waals surface area contributed by atoms with Crippen molar-refractivity contribution in [3.05, 3.63) is 47.4 Å². The third kappa shape index (κ3) is 3.82. The standard InChI is InChI=1S/C18H23N3O3/c1-4-5-8-15(18(23)24)20-17(22)14-11-12(2)21(13(14)3)16-9-6-7-10-19-16/h6-7,9-11,15H,4-5,8H2,1-3H3,(H,20,22)(H,23,24)/t15-/m0/s1. The molecule has 0 aliphatic heterocycles. The lowest BCUT2D eigenvalue weighted by molar-refractivity contribution is -0.139. The molecule has 2 aromatic rings. The van der Waals surface area contributed by atoms with Gasteiger partial charge in [0, 0.05) is 17.6 Å². The fourth-order valence-corrected chi connectivity index (χ4v) is 2.73.